The molecule has 0 aliphatic carbocycles. The molecule has 140 valence electrons. The summed E-state index contributed by atoms with van der Waals surface area (Å²) in [5, 5.41) is 10.6. The van der Waals surface area contributed by atoms with Crippen molar-refractivity contribution in [2.24, 2.45) is 0 Å². The lowest BCUT2D eigenvalue weighted by Gasteiger charge is -2.09. The number of nitrogens with zero attached hydrogens (tertiary/aromatic N) is 1. The molecule has 3 aromatic carbocycles. The number of nitro groups is 1. The molecule has 0 bridgehead atoms. The average Bonchev–Trinajstić information content (AvgIpc) is 2.73. The highest BCUT2D eigenvalue weighted by Gasteiger charge is 2.11. The Hall–Kier alpha value is -4.20. The van der Waals surface area contributed by atoms with Crippen molar-refractivity contribution in [2.75, 3.05) is 0 Å². The molecule has 2 amide bonds. The first kappa shape index (κ1) is 18.6. The monoisotopic (exact) mass is 377 g/mol. The Morgan fingerprint density at radius 2 is 1.18 bits per heavy atom. The molecular formula is C20H15N3O5. The number of para-hydroxylation sites is 1. The lowest BCUT2D eigenvalue weighted by Crippen LogP contribution is -2.41. The van der Waals surface area contributed by atoms with Gasteiger partial charge in [0.05, 0.1) is 4.92 Å². The summed E-state index contributed by atoms with van der Waals surface area (Å²) >= 11 is 0. The normalized spacial score (nSPS) is 10.0. The molecule has 0 heterocycles. The van der Waals surface area contributed by atoms with Crippen LogP contribution in [0, 0.1) is 10.1 Å². The van der Waals surface area contributed by atoms with Gasteiger partial charge in [-0.2, -0.15) is 0 Å². The molecule has 3 rings (SSSR count). The third-order valence-electron chi connectivity index (χ3n) is 3.73. The molecule has 8 nitrogen and oxygen atoms in total. The van der Waals surface area contributed by atoms with Crippen LogP contribution in [0.3, 0.4) is 0 Å². The van der Waals surface area contributed by atoms with Crippen LogP contribution in [0.5, 0.6) is 11.5 Å². The predicted molar refractivity (Wildman–Crippen MR) is 101 cm³/mol. The highest BCUT2D eigenvalue weighted by molar-refractivity contribution is 5.99. The number of carbonyl (C=O) groups is 2. The number of non-ortho nitro benzene ring substituents is 1. The van der Waals surface area contributed by atoms with Gasteiger partial charge in [0.2, 0.25) is 0 Å². The smallest absolute Gasteiger partial charge is 0.269 e. The van der Waals surface area contributed by atoms with E-state index in [1.807, 2.05) is 30.3 Å². The van der Waals surface area contributed by atoms with Crippen LogP contribution in [0.2, 0.25) is 0 Å². The van der Waals surface area contributed by atoms with Gasteiger partial charge in [0, 0.05) is 23.3 Å². The Kier molecular flexibility index (Phi) is 5.61. The lowest BCUT2D eigenvalue weighted by molar-refractivity contribution is -0.384. The van der Waals surface area contributed by atoms with Crippen LogP contribution in [0.15, 0.2) is 78.9 Å². The van der Waals surface area contributed by atoms with Crippen molar-refractivity contribution in [2.45, 2.75) is 0 Å². The zero-order valence-electron chi connectivity index (χ0n) is 14.5. The molecule has 0 radical (unpaired) electrons. The molecule has 0 aliphatic heterocycles. The van der Waals surface area contributed by atoms with Crippen molar-refractivity contribution in [3.05, 3.63) is 100 Å². The summed E-state index contributed by atoms with van der Waals surface area (Å²) in [6.45, 7) is 0. The van der Waals surface area contributed by atoms with Gasteiger partial charge >= 0.3 is 0 Å². The predicted octanol–water partition coefficient (Wildman–Crippen LogP) is 3.46. The Balaban J connectivity index is 1.55. The third kappa shape index (κ3) is 4.70. The number of rotatable bonds is 5. The van der Waals surface area contributed by atoms with Crippen molar-refractivity contribution in [1.29, 1.82) is 0 Å². The molecule has 28 heavy (non-hydrogen) atoms. The Morgan fingerprint density at radius 1 is 0.714 bits per heavy atom. The van der Waals surface area contributed by atoms with Crippen molar-refractivity contribution < 1.29 is 19.2 Å². The van der Waals surface area contributed by atoms with Crippen molar-refractivity contribution in [1.82, 2.24) is 10.9 Å². The van der Waals surface area contributed by atoms with Crippen LogP contribution >= 0.6 is 0 Å². The fourth-order valence-corrected chi connectivity index (χ4v) is 2.29. The third-order valence-corrected chi connectivity index (χ3v) is 3.73. The van der Waals surface area contributed by atoms with E-state index < -0.39 is 16.7 Å². The summed E-state index contributed by atoms with van der Waals surface area (Å²) in [6, 6.07) is 20.6. The van der Waals surface area contributed by atoms with E-state index in [-0.39, 0.29) is 11.3 Å². The highest BCUT2D eigenvalue weighted by atomic mass is 16.6. The fourth-order valence-electron chi connectivity index (χ4n) is 2.29. The summed E-state index contributed by atoms with van der Waals surface area (Å²) in [7, 11) is 0. The number of hydrogen-bond acceptors (Lipinski definition) is 5. The summed E-state index contributed by atoms with van der Waals surface area (Å²) in [5.74, 6) is 0.140. The van der Waals surface area contributed by atoms with E-state index in [0.717, 1.165) is 0 Å². The van der Waals surface area contributed by atoms with E-state index in [1.165, 1.54) is 24.3 Å². The van der Waals surface area contributed by atoms with Gasteiger partial charge in [-0.25, -0.2) is 0 Å². The summed E-state index contributed by atoms with van der Waals surface area (Å²) in [6.07, 6.45) is 0. The van der Waals surface area contributed by atoms with Crippen molar-refractivity contribution >= 4 is 17.5 Å². The second-order valence-electron chi connectivity index (χ2n) is 5.65. The molecule has 0 atom stereocenters. The first-order valence-corrected chi connectivity index (χ1v) is 8.21. The lowest BCUT2D eigenvalue weighted by atomic mass is 10.2. The number of amides is 2. The number of ether oxygens (including phenoxy) is 1. The number of carbonyl (C=O) groups excluding carboxylic acids is 2. The molecule has 0 fully saturated rings. The van der Waals surface area contributed by atoms with E-state index in [2.05, 4.69) is 10.9 Å². The number of benzene rings is 3. The summed E-state index contributed by atoms with van der Waals surface area (Å²) in [4.78, 5) is 34.2. The van der Waals surface area contributed by atoms with Crippen LogP contribution in [0.25, 0.3) is 0 Å². The van der Waals surface area contributed by atoms with Gasteiger partial charge in [0.25, 0.3) is 17.5 Å². The summed E-state index contributed by atoms with van der Waals surface area (Å²) < 4.78 is 5.65. The van der Waals surface area contributed by atoms with Gasteiger partial charge in [-0.05, 0) is 48.5 Å². The standard InChI is InChI=1S/C20H15N3O5/c24-19(14-6-10-16(11-7-14)23(26)27)21-22-20(25)15-8-12-18(13-9-15)28-17-4-2-1-3-5-17/h1-13H,(H,21,24)(H,22,25). The fraction of sp³-hybridized carbons (Fsp3) is 0. The maximum atomic E-state index is 12.1. The zero-order chi connectivity index (χ0) is 19.9. The van der Waals surface area contributed by atoms with Gasteiger partial charge in [-0.1, -0.05) is 18.2 Å². The quantitative estimate of drug-likeness (QED) is 0.522. The van der Waals surface area contributed by atoms with E-state index in [9.17, 15) is 19.7 Å². The van der Waals surface area contributed by atoms with Crippen LogP contribution in [0.1, 0.15) is 20.7 Å². The molecule has 0 aromatic heterocycles. The second kappa shape index (κ2) is 8.45. The van der Waals surface area contributed by atoms with Gasteiger partial charge in [0.15, 0.2) is 0 Å². The van der Waals surface area contributed by atoms with Crippen LogP contribution in [0.4, 0.5) is 5.69 Å². The number of hydrazine groups is 1. The molecule has 8 heteroatoms. The summed E-state index contributed by atoms with van der Waals surface area (Å²) in [5.41, 5.74) is 4.93. The molecule has 0 spiro atoms. The largest absolute Gasteiger partial charge is 0.457 e. The Bertz CT molecular complexity index is 987. The van der Waals surface area contributed by atoms with E-state index >= 15 is 0 Å². The highest BCUT2D eigenvalue weighted by Crippen LogP contribution is 2.21. The van der Waals surface area contributed by atoms with E-state index in [4.69, 9.17) is 4.74 Å². The molecule has 2 N–H and O–H groups in total. The van der Waals surface area contributed by atoms with Crippen molar-refractivity contribution in [3.8, 4) is 11.5 Å². The van der Waals surface area contributed by atoms with Crippen LogP contribution < -0.4 is 15.6 Å². The topological polar surface area (TPSA) is 111 Å². The first-order valence-electron chi connectivity index (χ1n) is 8.21. The van der Waals surface area contributed by atoms with Gasteiger partial charge in [-0.15, -0.1) is 0 Å². The van der Waals surface area contributed by atoms with Crippen LogP contribution in [-0.2, 0) is 0 Å². The minimum atomic E-state index is -0.590. The minimum Gasteiger partial charge on any atom is -0.457 e. The molecule has 0 saturated carbocycles. The second-order valence-corrected chi connectivity index (χ2v) is 5.65. The van der Waals surface area contributed by atoms with Gasteiger partial charge in [0.1, 0.15) is 11.5 Å². The molecule has 3 aromatic rings. The van der Waals surface area contributed by atoms with E-state index in [0.29, 0.717) is 17.1 Å². The average molecular weight is 377 g/mol. The van der Waals surface area contributed by atoms with Gasteiger partial charge < -0.3 is 4.74 Å². The molecule has 0 aliphatic rings. The first-order chi connectivity index (χ1) is 13.5. The van der Waals surface area contributed by atoms with Crippen molar-refractivity contribution in [3.63, 3.8) is 0 Å². The Morgan fingerprint density at radius 3 is 1.68 bits per heavy atom. The number of nitro benzene ring substituents is 1. The Labute approximate surface area is 159 Å². The van der Waals surface area contributed by atoms with E-state index in [1.54, 1.807) is 24.3 Å². The van der Waals surface area contributed by atoms with Crippen LogP contribution in [-0.4, -0.2) is 16.7 Å². The maximum absolute atomic E-state index is 12.1. The minimum absolute atomic E-state index is 0.126. The number of hydrogen-bond donors (Lipinski definition) is 2. The maximum Gasteiger partial charge on any atom is 0.269 e. The number of nitrogens with one attached hydrogen (secondary N) is 2. The zero-order valence-corrected chi connectivity index (χ0v) is 14.5. The molecule has 0 unspecified atom stereocenters. The van der Waals surface area contributed by atoms with Gasteiger partial charge in [-0.3, -0.25) is 30.6 Å². The molecular weight excluding hydrogens is 362 g/mol. The molecule has 0 saturated heterocycles. The SMILES string of the molecule is O=C(NNC(=O)c1ccc([N+](=O)[O-])cc1)c1ccc(Oc2ccccc2)cc1.